The van der Waals surface area contributed by atoms with Gasteiger partial charge in [-0.1, -0.05) is 24.9 Å². The Morgan fingerprint density at radius 1 is 1.40 bits per heavy atom. The summed E-state index contributed by atoms with van der Waals surface area (Å²) in [4.78, 5) is 6.42. The molecule has 0 saturated carbocycles. The maximum absolute atomic E-state index is 6.09. The molecule has 1 rings (SSSR count). The van der Waals surface area contributed by atoms with Crippen molar-refractivity contribution in [3.05, 3.63) is 23.4 Å². The molecule has 15 heavy (non-hydrogen) atoms. The predicted molar refractivity (Wildman–Crippen MR) is 67.1 cm³/mol. The monoisotopic (exact) mass is 246 g/mol. The number of anilines is 1. The molecule has 0 aliphatic carbocycles. The van der Waals surface area contributed by atoms with E-state index in [9.17, 15) is 0 Å². The van der Waals surface area contributed by atoms with Crippen LogP contribution in [-0.2, 0) is 0 Å². The first-order valence-corrected chi connectivity index (χ1v) is 6.12. The second-order valence-electron chi connectivity index (χ2n) is 3.34. The van der Waals surface area contributed by atoms with E-state index < -0.39 is 0 Å². The Labute approximate surface area is 101 Å². The number of halogens is 2. The highest BCUT2D eigenvalue weighted by atomic mass is 35.5. The lowest BCUT2D eigenvalue weighted by molar-refractivity contribution is 0.726. The Bertz CT molecular complexity index is 292. The number of pyridine rings is 1. The fourth-order valence-corrected chi connectivity index (χ4v) is 1.83. The Morgan fingerprint density at radius 2 is 2.20 bits per heavy atom. The lowest BCUT2D eigenvalue weighted by Crippen LogP contribution is -2.27. The molecule has 0 aromatic carbocycles. The number of aromatic nitrogens is 1. The Morgan fingerprint density at radius 3 is 2.80 bits per heavy atom. The first-order chi connectivity index (χ1) is 7.29. The van der Waals surface area contributed by atoms with Gasteiger partial charge in [-0.15, -0.1) is 11.6 Å². The van der Waals surface area contributed by atoms with Gasteiger partial charge in [-0.05, 0) is 18.6 Å². The van der Waals surface area contributed by atoms with E-state index in [1.807, 2.05) is 12.1 Å². The standard InChI is InChI=1S/C11H16Cl2N2/c1-2-3-8-15(9-6-12)11-10(13)5-4-7-14-11/h4-5,7H,2-3,6,8-9H2,1H3. The van der Waals surface area contributed by atoms with Crippen molar-refractivity contribution in [2.45, 2.75) is 19.8 Å². The topological polar surface area (TPSA) is 16.1 Å². The minimum absolute atomic E-state index is 0.594. The molecule has 4 heteroatoms. The summed E-state index contributed by atoms with van der Waals surface area (Å²) in [6.07, 6.45) is 4.04. The van der Waals surface area contributed by atoms with E-state index >= 15 is 0 Å². The van der Waals surface area contributed by atoms with Gasteiger partial charge < -0.3 is 4.90 Å². The average molecular weight is 247 g/mol. The molecule has 0 unspecified atom stereocenters. The van der Waals surface area contributed by atoms with Crippen molar-refractivity contribution in [1.29, 1.82) is 0 Å². The van der Waals surface area contributed by atoms with Crippen molar-refractivity contribution >= 4 is 29.0 Å². The molecule has 0 amide bonds. The van der Waals surface area contributed by atoms with Gasteiger partial charge in [-0.2, -0.15) is 0 Å². The SMILES string of the molecule is CCCCN(CCCl)c1ncccc1Cl. The second-order valence-corrected chi connectivity index (χ2v) is 4.12. The van der Waals surface area contributed by atoms with Gasteiger partial charge in [0, 0.05) is 25.2 Å². The maximum atomic E-state index is 6.09. The Hall–Kier alpha value is -0.470. The third kappa shape index (κ3) is 3.88. The third-order valence-corrected chi connectivity index (χ3v) is 2.64. The molecule has 0 aliphatic heterocycles. The molecular formula is C11H16Cl2N2. The molecule has 0 radical (unpaired) electrons. The summed E-state index contributed by atoms with van der Waals surface area (Å²) in [5, 5.41) is 0.693. The van der Waals surface area contributed by atoms with Gasteiger partial charge in [0.25, 0.3) is 0 Å². The van der Waals surface area contributed by atoms with E-state index in [4.69, 9.17) is 23.2 Å². The number of hydrogen-bond acceptors (Lipinski definition) is 2. The number of nitrogens with zero attached hydrogens (tertiary/aromatic N) is 2. The van der Waals surface area contributed by atoms with Crippen LogP contribution in [0.15, 0.2) is 18.3 Å². The van der Waals surface area contributed by atoms with Gasteiger partial charge in [-0.25, -0.2) is 4.98 Å². The largest absolute Gasteiger partial charge is 0.354 e. The van der Waals surface area contributed by atoms with Crippen LogP contribution in [0.4, 0.5) is 5.82 Å². The lowest BCUT2D eigenvalue weighted by atomic mass is 10.3. The molecule has 0 saturated heterocycles. The number of hydrogen-bond donors (Lipinski definition) is 0. The van der Waals surface area contributed by atoms with E-state index in [0.717, 1.165) is 31.7 Å². The van der Waals surface area contributed by atoms with Gasteiger partial charge in [-0.3, -0.25) is 0 Å². The number of unbranched alkanes of at least 4 members (excludes halogenated alkanes) is 1. The first-order valence-electron chi connectivity index (χ1n) is 5.21. The third-order valence-electron chi connectivity index (χ3n) is 2.17. The highest BCUT2D eigenvalue weighted by Gasteiger charge is 2.09. The summed E-state index contributed by atoms with van der Waals surface area (Å²) in [5.74, 6) is 1.43. The minimum atomic E-state index is 0.594. The molecule has 84 valence electrons. The van der Waals surface area contributed by atoms with Crippen LogP contribution >= 0.6 is 23.2 Å². The van der Waals surface area contributed by atoms with E-state index in [1.165, 1.54) is 0 Å². The van der Waals surface area contributed by atoms with Crippen LogP contribution in [0.25, 0.3) is 0 Å². The first kappa shape index (κ1) is 12.6. The molecule has 2 nitrogen and oxygen atoms in total. The van der Waals surface area contributed by atoms with Crippen molar-refractivity contribution in [2.24, 2.45) is 0 Å². The average Bonchev–Trinajstić information content (AvgIpc) is 2.25. The molecule has 0 fully saturated rings. The molecule has 1 aromatic rings. The molecular weight excluding hydrogens is 231 g/mol. The van der Waals surface area contributed by atoms with Crippen molar-refractivity contribution in [2.75, 3.05) is 23.9 Å². The van der Waals surface area contributed by atoms with Gasteiger partial charge >= 0.3 is 0 Å². The summed E-state index contributed by atoms with van der Waals surface area (Å²) in [6.45, 7) is 3.91. The van der Waals surface area contributed by atoms with Crippen molar-refractivity contribution in [3.8, 4) is 0 Å². The van der Waals surface area contributed by atoms with Crippen LogP contribution < -0.4 is 4.90 Å². The van der Waals surface area contributed by atoms with Gasteiger partial charge in [0.2, 0.25) is 0 Å². The van der Waals surface area contributed by atoms with Crippen LogP contribution in [0.5, 0.6) is 0 Å². The fraction of sp³-hybridized carbons (Fsp3) is 0.545. The van der Waals surface area contributed by atoms with Crippen LogP contribution in [0.2, 0.25) is 5.02 Å². The molecule has 1 heterocycles. The quantitative estimate of drug-likeness (QED) is 0.714. The van der Waals surface area contributed by atoms with E-state index in [2.05, 4.69) is 16.8 Å². The van der Waals surface area contributed by atoms with Crippen LogP contribution in [0.3, 0.4) is 0 Å². The zero-order chi connectivity index (χ0) is 11.1. The van der Waals surface area contributed by atoms with E-state index in [0.29, 0.717) is 10.9 Å². The van der Waals surface area contributed by atoms with Crippen LogP contribution in [0, 0.1) is 0 Å². The van der Waals surface area contributed by atoms with Gasteiger partial charge in [0.15, 0.2) is 0 Å². The maximum Gasteiger partial charge on any atom is 0.147 e. The predicted octanol–water partition coefficient (Wildman–Crippen LogP) is 3.58. The fourth-order valence-electron chi connectivity index (χ4n) is 1.38. The summed E-state index contributed by atoms with van der Waals surface area (Å²) in [5.41, 5.74) is 0. The molecule has 1 aromatic heterocycles. The van der Waals surface area contributed by atoms with Crippen molar-refractivity contribution in [1.82, 2.24) is 4.98 Å². The highest BCUT2D eigenvalue weighted by molar-refractivity contribution is 6.32. The second kappa shape index (κ2) is 6.91. The number of rotatable bonds is 6. The van der Waals surface area contributed by atoms with E-state index in [-0.39, 0.29) is 0 Å². The Balaban J connectivity index is 2.74. The summed E-state index contributed by atoms with van der Waals surface area (Å²) in [6, 6.07) is 3.70. The normalized spacial score (nSPS) is 10.3. The summed E-state index contributed by atoms with van der Waals surface area (Å²) in [7, 11) is 0. The molecule has 0 N–H and O–H groups in total. The zero-order valence-electron chi connectivity index (χ0n) is 8.92. The highest BCUT2D eigenvalue weighted by Crippen LogP contribution is 2.22. The molecule has 0 aliphatic rings. The van der Waals surface area contributed by atoms with Crippen molar-refractivity contribution in [3.63, 3.8) is 0 Å². The van der Waals surface area contributed by atoms with Gasteiger partial charge in [0.1, 0.15) is 5.82 Å². The molecule has 0 atom stereocenters. The van der Waals surface area contributed by atoms with Gasteiger partial charge in [0.05, 0.1) is 5.02 Å². The summed E-state index contributed by atoms with van der Waals surface area (Å²) >= 11 is 11.9. The molecule has 0 bridgehead atoms. The Kier molecular flexibility index (Phi) is 5.81. The zero-order valence-corrected chi connectivity index (χ0v) is 10.4. The minimum Gasteiger partial charge on any atom is -0.354 e. The molecule has 0 spiro atoms. The smallest absolute Gasteiger partial charge is 0.147 e. The summed E-state index contributed by atoms with van der Waals surface area (Å²) < 4.78 is 0. The van der Waals surface area contributed by atoms with Crippen LogP contribution in [-0.4, -0.2) is 24.0 Å². The van der Waals surface area contributed by atoms with Crippen molar-refractivity contribution < 1.29 is 0 Å². The van der Waals surface area contributed by atoms with Crippen LogP contribution in [0.1, 0.15) is 19.8 Å². The number of alkyl halides is 1. The lowest BCUT2D eigenvalue weighted by Gasteiger charge is -2.23. The van der Waals surface area contributed by atoms with E-state index in [1.54, 1.807) is 6.20 Å².